The molecule has 0 unspecified atom stereocenters. The van der Waals surface area contributed by atoms with Crippen LogP contribution in [-0.4, -0.2) is 18.2 Å². The number of carboxylic acids is 1. The fourth-order valence-corrected chi connectivity index (χ4v) is 2.13. The van der Waals surface area contributed by atoms with Gasteiger partial charge in [-0.2, -0.15) is 0 Å². The van der Waals surface area contributed by atoms with Gasteiger partial charge in [0.05, 0.1) is 17.5 Å². The number of benzene rings is 1. The van der Waals surface area contributed by atoms with Crippen LogP contribution < -0.4 is 4.74 Å². The summed E-state index contributed by atoms with van der Waals surface area (Å²) in [7, 11) is 1.57. The van der Waals surface area contributed by atoms with Gasteiger partial charge in [-0.3, -0.25) is 4.79 Å². The zero-order chi connectivity index (χ0) is 14.1. The molecule has 0 bridgehead atoms. The van der Waals surface area contributed by atoms with Gasteiger partial charge in [-0.1, -0.05) is 17.7 Å². The largest absolute Gasteiger partial charge is 0.496 e. The van der Waals surface area contributed by atoms with Gasteiger partial charge in [-0.15, -0.1) is 0 Å². The first-order chi connectivity index (χ1) is 8.20. The van der Waals surface area contributed by atoms with Gasteiger partial charge in [0.1, 0.15) is 5.75 Å². The Balaban J connectivity index is 3.29. The minimum atomic E-state index is -0.833. The van der Waals surface area contributed by atoms with Gasteiger partial charge in [0.25, 0.3) is 0 Å². The third-order valence-electron chi connectivity index (χ3n) is 3.11. The molecule has 0 spiro atoms. The SMILES string of the molecule is COc1c(CC(C)(C)C(=O)O)cc(C)c(Cl)c1C. The molecule has 0 aliphatic heterocycles. The number of carbonyl (C=O) groups is 1. The summed E-state index contributed by atoms with van der Waals surface area (Å²) in [5.74, 6) is -0.144. The van der Waals surface area contributed by atoms with E-state index in [0.29, 0.717) is 17.2 Å². The van der Waals surface area contributed by atoms with Gasteiger partial charge in [-0.05, 0) is 45.2 Å². The molecule has 1 aromatic rings. The summed E-state index contributed by atoms with van der Waals surface area (Å²) < 4.78 is 5.36. The lowest BCUT2D eigenvalue weighted by Crippen LogP contribution is -2.26. The van der Waals surface area contributed by atoms with Gasteiger partial charge in [0.2, 0.25) is 0 Å². The molecule has 0 atom stereocenters. The van der Waals surface area contributed by atoms with Crippen molar-refractivity contribution in [1.82, 2.24) is 0 Å². The molecule has 0 saturated heterocycles. The molecule has 1 N–H and O–H groups in total. The number of aliphatic carboxylic acids is 1. The second-order valence-corrected chi connectivity index (χ2v) is 5.57. The number of carboxylic acid groups (broad SMARTS) is 1. The topological polar surface area (TPSA) is 46.5 Å². The lowest BCUT2D eigenvalue weighted by atomic mass is 9.84. The van der Waals surface area contributed by atoms with Crippen LogP contribution in [-0.2, 0) is 11.2 Å². The van der Waals surface area contributed by atoms with Crippen LogP contribution in [0.1, 0.15) is 30.5 Å². The summed E-state index contributed by atoms with van der Waals surface area (Å²) in [5.41, 5.74) is 1.84. The van der Waals surface area contributed by atoms with Crippen LogP contribution in [0.2, 0.25) is 5.02 Å². The Hall–Kier alpha value is -1.22. The number of rotatable bonds is 4. The third-order valence-corrected chi connectivity index (χ3v) is 3.70. The Labute approximate surface area is 113 Å². The Morgan fingerprint density at radius 2 is 2.00 bits per heavy atom. The highest BCUT2D eigenvalue weighted by Crippen LogP contribution is 2.36. The molecule has 1 rings (SSSR count). The summed E-state index contributed by atoms with van der Waals surface area (Å²) in [4.78, 5) is 11.2. The van der Waals surface area contributed by atoms with Crippen LogP contribution >= 0.6 is 11.6 Å². The molecule has 0 radical (unpaired) electrons. The Bertz CT molecular complexity index is 478. The lowest BCUT2D eigenvalue weighted by Gasteiger charge is -2.22. The minimum Gasteiger partial charge on any atom is -0.496 e. The van der Waals surface area contributed by atoms with Crippen LogP contribution in [0.3, 0.4) is 0 Å². The highest BCUT2D eigenvalue weighted by Gasteiger charge is 2.29. The lowest BCUT2D eigenvalue weighted by molar-refractivity contribution is -0.146. The first-order valence-corrected chi connectivity index (χ1v) is 6.14. The normalized spacial score (nSPS) is 11.4. The number of aryl methyl sites for hydroxylation is 1. The van der Waals surface area contributed by atoms with E-state index in [-0.39, 0.29) is 0 Å². The first-order valence-electron chi connectivity index (χ1n) is 5.76. The molecule has 18 heavy (non-hydrogen) atoms. The average molecular weight is 271 g/mol. The maximum atomic E-state index is 11.2. The molecule has 0 aliphatic rings. The fraction of sp³-hybridized carbons (Fsp3) is 0.500. The number of halogens is 1. The molecule has 100 valence electrons. The second-order valence-electron chi connectivity index (χ2n) is 5.19. The fourth-order valence-electron chi connectivity index (χ4n) is 1.99. The van der Waals surface area contributed by atoms with Crippen LogP contribution in [0.4, 0.5) is 0 Å². The van der Waals surface area contributed by atoms with Crippen molar-refractivity contribution in [3.05, 3.63) is 27.8 Å². The summed E-state index contributed by atoms with van der Waals surface area (Å²) >= 11 is 6.17. The van der Waals surface area contributed by atoms with E-state index in [1.165, 1.54) is 0 Å². The van der Waals surface area contributed by atoms with Gasteiger partial charge in [-0.25, -0.2) is 0 Å². The number of methoxy groups -OCH3 is 1. The smallest absolute Gasteiger partial charge is 0.309 e. The van der Waals surface area contributed by atoms with E-state index >= 15 is 0 Å². The van der Waals surface area contributed by atoms with Crippen molar-refractivity contribution >= 4 is 17.6 Å². The van der Waals surface area contributed by atoms with Gasteiger partial charge in [0, 0.05) is 5.56 Å². The van der Waals surface area contributed by atoms with E-state index in [9.17, 15) is 9.90 Å². The number of hydrogen-bond acceptors (Lipinski definition) is 2. The Morgan fingerprint density at radius 3 is 2.44 bits per heavy atom. The van der Waals surface area contributed by atoms with E-state index in [1.54, 1.807) is 21.0 Å². The quantitative estimate of drug-likeness (QED) is 0.909. The van der Waals surface area contributed by atoms with Crippen LogP contribution in [0, 0.1) is 19.3 Å². The molecule has 3 nitrogen and oxygen atoms in total. The monoisotopic (exact) mass is 270 g/mol. The van der Waals surface area contributed by atoms with Gasteiger partial charge in [0.15, 0.2) is 0 Å². The predicted molar refractivity (Wildman–Crippen MR) is 72.6 cm³/mol. The molecule has 0 aliphatic carbocycles. The highest BCUT2D eigenvalue weighted by molar-refractivity contribution is 6.32. The van der Waals surface area contributed by atoms with Crippen molar-refractivity contribution in [2.24, 2.45) is 5.41 Å². The van der Waals surface area contributed by atoms with E-state index in [1.807, 2.05) is 19.9 Å². The summed E-state index contributed by atoms with van der Waals surface area (Å²) in [5, 5.41) is 9.86. The maximum absolute atomic E-state index is 11.2. The van der Waals surface area contributed by atoms with Crippen molar-refractivity contribution in [2.45, 2.75) is 34.1 Å². The Kier molecular flexibility index (Phi) is 4.28. The van der Waals surface area contributed by atoms with Crippen LogP contribution in [0.25, 0.3) is 0 Å². The second kappa shape index (κ2) is 5.19. The number of hydrogen-bond donors (Lipinski definition) is 1. The van der Waals surface area contributed by atoms with E-state index in [0.717, 1.165) is 16.7 Å². The van der Waals surface area contributed by atoms with E-state index in [4.69, 9.17) is 16.3 Å². The van der Waals surface area contributed by atoms with Crippen LogP contribution in [0.5, 0.6) is 5.75 Å². The molecule has 1 aromatic carbocycles. The van der Waals surface area contributed by atoms with Crippen molar-refractivity contribution < 1.29 is 14.6 Å². The van der Waals surface area contributed by atoms with E-state index < -0.39 is 11.4 Å². The standard InChI is InChI=1S/C14H19ClO3/c1-8-6-10(7-14(3,4)13(16)17)12(18-5)9(2)11(8)15/h6H,7H2,1-5H3,(H,16,17). The first kappa shape index (κ1) is 14.8. The molecule has 0 amide bonds. The zero-order valence-electron chi connectivity index (χ0n) is 11.4. The Morgan fingerprint density at radius 1 is 1.44 bits per heavy atom. The van der Waals surface area contributed by atoms with Crippen molar-refractivity contribution in [3.63, 3.8) is 0 Å². The average Bonchev–Trinajstić information content (AvgIpc) is 2.26. The van der Waals surface area contributed by atoms with Crippen molar-refractivity contribution in [2.75, 3.05) is 7.11 Å². The molecular formula is C14H19ClO3. The number of ether oxygens (including phenoxy) is 1. The molecule has 0 fully saturated rings. The predicted octanol–water partition coefficient (Wildman–Crippen LogP) is 3.62. The summed E-state index contributed by atoms with van der Waals surface area (Å²) in [6.45, 7) is 7.19. The molecule has 0 saturated carbocycles. The van der Waals surface area contributed by atoms with Crippen LogP contribution in [0.15, 0.2) is 6.07 Å². The highest BCUT2D eigenvalue weighted by atomic mass is 35.5. The molecule has 4 heteroatoms. The zero-order valence-corrected chi connectivity index (χ0v) is 12.2. The minimum absolute atomic E-state index is 0.407. The van der Waals surface area contributed by atoms with Crippen molar-refractivity contribution in [1.29, 1.82) is 0 Å². The van der Waals surface area contributed by atoms with Gasteiger partial charge < -0.3 is 9.84 Å². The third kappa shape index (κ3) is 2.78. The van der Waals surface area contributed by atoms with Crippen molar-refractivity contribution in [3.8, 4) is 5.75 Å². The maximum Gasteiger partial charge on any atom is 0.309 e. The summed E-state index contributed by atoms with van der Waals surface area (Å²) in [6.07, 6.45) is 0.407. The summed E-state index contributed by atoms with van der Waals surface area (Å²) in [6, 6.07) is 1.90. The van der Waals surface area contributed by atoms with E-state index in [2.05, 4.69) is 0 Å². The van der Waals surface area contributed by atoms with Gasteiger partial charge >= 0.3 is 5.97 Å². The molecular weight excluding hydrogens is 252 g/mol. The molecule has 0 aromatic heterocycles. The molecule has 0 heterocycles.